The maximum absolute atomic E-state index is 12.8. The van der Waals surface area contributed by atoms with Crippen LogP contribution in [0, 0.1) is 0 Å². The van der Waals surface area contributed by atoms with Crippen molar-refractivity contribution in [2.75, 3.05) is 33.9 Å². The highest BCUT2D eigenvalue weighted by molar-refractivity contribution is 5.91. The van der Waals surface area contributed by atoms with E-state index in [9.17, 15) is 4.79 Å². The molecule has 0 radical (unpaired) electrons. The van der Waals surface area contributed by atoms with Crippen LogP contribution in [-0.2, 0) is 19.6 Å². The molecule has 7 nitrogen and oxygen atoms in total. The van der Waals surface area contributed by atoms with Crippen LogP contribution in [0.3, 0.4) is 0 Å². The molecule has 1 atom stereocenters. The van der Waals surface area contributed by atoms with Gasteiger partial charge in [0.2, 0.25) is 0 Å². The van der Waals surface area contributed by atoms with Gasteiger partial charge in [-0.3, -0.25) is 9.69 Å². The minimum absolute atomic E-state index is 0.0849. The Hall–Kier alpha value is -3.29. The molecule has 0 bridgehead atoms. The Balaban J connectivity index is 1.66. The third-order valence-corrected chi connectivity index (χ3v) is 6.78. The van der Waals surface area contributed by atoms with Crippen molar-refractivity contribution >= 4 is 5.91 Å². The van der Waals surface area contributed by atoms with Crippen molar-refractivity contribution in [1.29, 1.82) is 0 Å². The molecule has 2 aromatic carbocycles. The Bertz CT molecular complexity index is 1110. The van der Waals surface area contributed by atoms with Crippen molar-refractivity contribution in [2.24, 2.45) is 0 Å². The van der Waals surface area contributed by atoms with E-state index in [0.29, 0.717) is 25.4 Å². The van der Waals surface area contributed by atoms with Gasteiger partial charge in [0.05, 0.1) is 20.8 Å². The number of nitrogens with zero attached hydrogens (tertiary/aromatic N) is 2. The Morgan fingerprint density at radius 2 is 1.68 bits per heavy atom. The molecule has 3 rings (SSSR count). The number of rotatable bonds is 16. The van der Waals surface area contributed by atoms with Gasteiger partial charge in [-0.1, -0.05) is 44.2 Å². The highest BCUT2D eigenvalue weighted by atomic mass is 16.5. The fraction of sp³-hybridized carbons (Fsp3) is 0.452. The molecule has 1 N–H and O–H groups in total. The average molecular weight is 522 g/mol. The number of hydrogen-bond acceptors (Lipinski definition) is 6. The molecule has 38 heavy (non-hydrogen) atoms. The van der Waals surface area contributed by atoms with Crippen molar-refractivity contribution in [2.45, 2.75) is 59.3 Å². The molecule has 0 spiro atoms. The Labute approximate surface area is 227 Å². The first kappa shape index (κ1) is 29.3. The summed E-state index contributed by atoms with van der Waals surface area (Å²) in [4.78, 5) is 17.5. The zero-order chi connectivity index (χ0) is 27.3. The van der Waals surface area contributed by atoms with Gasteiger partial charge in [-0.25, -0.2) is 0 Å². The highest BCUT2D eigenvalue weighted by Crippen LogP contribution is 2.27. The van der Waals surface area contributed by atoms with Crippen molar-refractivity contribution in [3.63, 3.8) is 0 Å². The molecule has 7 heteroatoms. The zero-order valence-electron chi connectivity index (χ0n) is 23.5. The van der Waals surface area contributed by atoms with Crippen molar-refractivity contribution < 1.29 is 18.7 Å². The number of amides is 1. The lowest BCUT2D eigenvalue weighted by atomic mass is 10.1. The molecule has 1 aromatic heterocycles. The van der Waals surface area contributed by atoms with E-state index in [-0.39, 0.29) is 11.9 Å². The normalized spacial score (nSPS) is 12.1. The van der Waals surface area contributed by atoms with E-state index in [0.717, 1.165) is 55.3 Å². The molecule has 0 aliphatic carbocycles. The first-order chi connectivity index (χ1) is 18.4. The van der Waals surface area contributed by atoms with E-state index in [2.05, 4.69) is 41.1 Å². The van der Waals surface area contributed by atoms with E-state index in [1.54, 1.807) is 20.3 Å². The molecular formula is C31H43N3O4. The second-order valence-electron chi connectivity index (χ2n) is 9.62. The van der Waals surface area contributed by atoms with Gasteiger partial charge in [0.25, 0.3) is 5.91 Å². The van der Waals surface area contributed by atoms with Crippen LogP contribution in [0.15, 0.2) is 65.1 Å². The second kappa shape index (κ2) is 15.2. The first-order valence-electron chi connectivity index (χ1n) is 13.5. The zero-order valence-corrected chi connectivity index (χ0v) is 23.5. The standard InChI is InChI=1S/C31H43N3O4/c1-6-33(7-2)19-11-12-24(3)32-31(35)30-18-16-28(38-30)23-34(21-25-13-9-8-10-14-25)22-26-20-27(36-4)15-17-29(26)37-5/h8-10,13-18,20,24H,6-7,11-12,19,21-23H2,1-5H3,(H,32,35). The van der Waals surface area contributed by atoms with Gasteiger partial charge in [0.15, 0.2) is 5.76 Å². The van der Waals surface area contributed by atoms with Gasteiger partial charge in [-0.15, -0.1) is 0 Å². The molecule has 206 valence electrons. The fourth-order valence-corrected chi connectivity index (χ4v) is 4.59. The molecule has 1 amide bonds. The summed E-state index contributed by atoms with van der Waals surface area (Å²) in [7, 11) is 3.34. The molecule has 1 heterocycles. The number of ether oxygens (including phenoxy) is 2. The Morgan fingerprint density at radius 3 is 2.37 bits per heavy atom. The Kier molecular flexibility index (Phi) is 11.7. The van der Waals surface area contributed by atoms with Crippen LogP contribution >= 0.6 is 0 Å². The van der Waals surface area contributed by atoms with E-state index >= 15 is 0 Å². The maximum Gasteiger partial charge on any atom is 0.287 e. The third-order valence-electron chi connectivity index (χ3n) is 6.78. The van der Waals surface area contributed by atoms with Crippen LogP contribution in [0.4, 0.5) is 0 Å². The van der Waals surface area contributed by atoms with Crippen LogP contribution < -0.4 is 14.8 Å². The number of carbonyl (C=O) groups is 1. The third kappa shape index (κ3) is 8.92. The lowest BCUT2D eigenvalue weighted by molar-refractivity contribution is 0.0904. The fourth-order valence-electron chi connectivity index (χ4n) is 4.59. The molecule has 0 fully saturated rings. The second-order valence-corrected chi connectivity index (χ2v) is 9.62. The van der Waals surface area contributed by atoms with Gasteiger partial charge in [-0.2, -0.15) is 0 Å². The predicted molar refractivity (Wildman–Crippen MR) is 152 cm³/mol. The molecule has 3 aromatic rings. The minimum Gasteiger partial charge on any atom is -0.497 e. The van der Waals surface area contributed by atoms with Crippen LogP contribution in [0.1, 0.15) is 61.1 Å². The summed E-state index contributed by atoms with van der Waals surface area (Å²) in [5.74, 6) is 2.49. The highest BCUT2D eigenvalue weighted by Gasteiger charge is 2.18. The first-order valence-corrected chi connectivity index (χ1v) is 13.5. The number of benzene rings is 2. The van der Waals surface area contributed by atoms with Crippen LogP contribution in [0.2, 0.25) is 0 Å². The summed E-state index contributed by atoms with van der Waals surface area (Å²) in [5.41, 5.74) is 2.21. The van der Waals surface area contributed by atoms with Crippen LogP contribution in [0.25, 0.3) is 0 Å². The topological polar surface area (TPSA) is 67.2 Å². The molecular weight excluding hydrogens is 478 g/mol. The number of furan rings is 1. The van der Waals surface area contributed by atoms with E-state index in [1.165, 1.54) is 5.56 Å². The van der Waals surface area contributed by atoms with Crippen LogP contribution in [-0.4, -0.2) is 55.6 Å². The maximum atomic E-state index is 12.8. The number of nitrogens with one attached hydrogen (secondary N) is 1. The quantitative estimate of drug-likeness (QED) is 0.259. The van der Waals surface area contributed by atoms with Gasteiger partial charge < -0.3 is 24.1 Å². The number of methoxy groups -OCH3 is 2. The lowest BCUT2D eigenvalue weighted by Gasteiger charge is -2.23. The van der Waals surface area contributed by atoms with Gasteiger partial charge in [0, 0.05) is 24.7 Å². The smallest absolute Gasteiger partial charge is 0.287 e. The summed E-state index contributed by atoms with van der Waals surface area (Å²) in [5, 5.41) is 3.08. The van der Waals surface area contributed by atoms with Crippen molar-refractivity contribution in [1.82, 2.24) is 15.1 Å². The van der Waals surface area contributed by atoms with Crippen molar-refractivity contribution in [3.8, 4) is 11.5 Å². The van der Waals surface area contributed by atoms with E-state index in [1.807, 2.05) is 49.4 Å². The number of carbonyl (C=O) groups excluding carboxylic acids is 1. The average Bonchev–Trinajstić information content (AvgIpc) is 3.40. The van der Waals surface area contributed by atoms with Gasteiger partial charge in [-0.05, 0) is 75.3 Å². The molecule has 0 saturated carbocycles. The summed E-state index contributed by atoms with van der Waals surface area (Å²) in [6.45, 7) is 11.4. The summed E-state index contributed by atoms with van der Waals surface area (Å²) in [6, 6.07) is 19.9. The molecule has 1 unspecified atom stereocenters. The summed E-state index contributed by atoms with van der Waals surface area (Å²) < 4.78 is 17.1. The van der Waals surface area contributed by atoms with Gasteiger partial charge in [0.1, 0.15) is 17.3 Å². The Morgan fingerprint density at radius 1 is 0.921 bits per heavy atom. The minimum atomic E-state index is -0.171. The van der Waals surface area contributed by atoms with Crippen molar-refractivity contribution in [3.05, 3.63) is 83.3 Å². The van der Waals surface area contributed by atoms with Gasteiger partial charge >= 0.3 is 0 Å². The van der Waals surface area contributed by atoms with E-state index in [4.69, 9.17) is 13.9 Å². The van der Waals surface area contributed by atoms with E-state index < -0.39 is 0 Å². The molecule has 0 saturated heterocycles. The largest absolute Gasteiger partial charge is 0.497 e. The SMILES string of the molecule is CCN(CC)CCCC(C)NC(=O)c1ccc(CN(Cc2ccccc2)Cc2cc(OC)ccc2OC)o1. The predicted octanol–water partition coefficient (Wildman–Crippen LogP) is 5.74. The lowest BCUT2D eigenvalue weighted by Crippen LogP contribution is -2.33. The van der Waals surface area contributed by atoms with Crippen LogP contribution in [0.5, 0.6) is 11.5 Å². The molecule has 0 aliphatic rings. The monoisotopic (exact) mass is 521 g/mol. The molecule has 0 aliphatic heterocycles. The number of hydrogen-bond donors (Lipinski definition) is 1. The summed E-state index contributed by atoms with van der Waals surface area (Å²) in [6.07, 6.45) is 1.98. The summed E-state index contributed by atoms with van der Waals surface area (Å²) >= 11 is 0.